The van der Waals surface area contributed by atoms with Gasteiger partial charge in [0.1, 0.15) is 15.9 Å². The highest BCUT2D eigenvalue weighted by Crippen LogP contribution is 2.51. The average molecular weight is 495 g/mol. The zero-order valence-corrected chi connectivity index (χ0v) is 18.6. The van der Waals surface area contributed by atoms with Gasteiger partial charge in [-0.15, -0.1) is 0 Å². The minimum Gasteiger partial charge on any atom is -1.00 e. The lowest BCUT2D eigenvalue weighted by atomic mass is 10.2. The van der Waals surface area contributed by atoms with Gasteiger partial charge in [-0.1, -0.05) is 84.9 Å². The first-order chi connectivity index (χ1) is 13.4. The van der Waals surface area contributed by atoms with Crippen LogP contribution in [0.4, 0.5) is 0 Å². The Balaban J connectivity index is 0.00000225. The second kappa shape index (κ2) is 9.97. The maximum atomic E-state index is 4.01. The lowest BCUT2D eigenvalue weighted by molar-refractivity contribution is -0.00000525. The van der Waals surface area contributed by atoms with E-state index >= 15 is 0 Å². The Kier molecular flexibility index (Phi) is 7.38. The van der Waals surface area contributed by atoms with Crippen LogP contribution in [0.5, 0.6) is 0 Å². The largest absolute Gasteiger partial charge is 1.00 e. The van der Waals surface area contributed by atoms with Crippen molar-refractivity contribution in [3.63, 3.8) is 0 Å². The van der Waals surface area contributed by atoms with Crippen LogP contribution in [0, 0.1) is 0 Å². The van der Waals surface area contributed by atoms with Gasteiger partial charge in [0.25, 0.3) is 0 Å². The molecule has 4 aromatic rings. The molecule has 0 bridgehead atoms. The Morgan fingerprint density at radius 3 is 1.14 bits per heavy atom. The van der Waals surface area contributed by atoms with E-state index in [4.69, 9.17) is 0 Å². The Morgan fingerprint density at radius 2 is 0.786 bits per heavy atom. The first-order valence-corrected chi connectivity index (χ1v) is 11.0. The normalized spacial score (nSPS) is 10.9. The van der Waals surface area contributed by atoms with E-state index in [1.807, 2.05) is 0 Å². The fraction of sp³-hybridized carbons (Fsp3) is 0.0400. The van der Waals surface area contributed by atoms with Gasteiger partial charge in [0.2, 0.25) is 0 Å². The van der Waals surface area contributed by atoms with E-state index in [-0.39, 0.29) is 24.0 Å². The van der Waals surface area contributed by atoms with Crippen molar-refractivity contribution in [1.82, 2.24) is 5.09 Å². The van der Waals surface area contributed by atoms with Gasteiger partial charge in [0.05, 0.1) is 6.54 Å². The summed E-state index contributed by atoms with van der Waals surface area (Å²) in [5.41, 5.74) is 1.30. The Bertz CT molecular complexity index is 864. The molecule has 0 amide bonds. The highest BCUT2D eigenvalue weighted by Gasteiger charge is 2.45. The number of nitrogens with one attached hydrogen (secondary N) is 1. The molecule has 0 aromatic heterocycles. The van der Waals surface area contributed by atoms with Gasteiger partial charge in [-0.25, -0.2) is 0 Å². The summed E-state index contributed by atoms with van der Waals surface area (Å²) < 4.78 is 0. The van der Waals surface area contributed by atoms with E-state index in [1.165, 1.54) is 21.5 Å². The van der Waals surface area contributed by atoms with Gasteiger partial charge in [-0.2, -0.15) is 5.09 Å². The molecule has 0 aliphatic rings. The molecule has 4 rings (SSSR count). The van der Waals surface area contributed by atoms with Gasteiger partial charge in [0.15, 0.2) is 7.41 Å². The fourth-order valence-electron chi connectivity index (χ4n) is 3.48. The van der Waals surface area contributed by atoms with Crippen LogP contribution in [0.2, 0.25) is 0 Å². The summed E-state index contributed by atoms with van der Waals surface area (Å²) in [6, 6.07) is 43.3. The van der Waals surface area contributed by atoms with Gasteiger partial charge < -0.3 is 24.0 Å². The number of halogens is 1. The number of benzene rings is 4. The Labute approximate surface area is 185 Å². The molecule has 1 nitrogen and oxygen atoms in total. The topological polar surface area (TPSA) is 12.0 Å². The van der Waals surface area contributed by atoms with Crippen molar-refractivity contribution in [3.05, 3.63) is 127 Å². The highest BCUT2D eigenvalue weighted by molar-refractivity contribution is 7.94. The molecule has 1 N–H and O–H groups in total. The van der Waals surface area contributed by atoms with Crippen molar-refractivity contribution < 1.29 is 24.0 Å². The van der Waals surface area contributed by atoms with E-state index < -0.39 is 7.41 Å². The predicted molar refractivity (Wildman–Crippen MR) is 118 cm³/mol. The number of hydrogen-bond acceptors (Lipinski definition) is 1. The minimum atomic E-state index is -1.97. The SMILES string of the molecule is [I-].c1ccc(CN[P+](c2ccccc2)(c2ccccc2)c2ccccc2)cc1. The Hall–Kier alpha value is -2.00. The summed E-state index contributed by atoms with van der Waals surface area (Å²) in [7, 11) is -1.97. The van der Waals surface area contributed by atoms with Crippen LogP contribution in [0.25, 0.3) is 0 Å². The lowest BCUT2D eigenvalue weighted by Gasteiger charge is -2.28. The van der Waals surface area contributed by atoms with Gasteiger partial charge in [0, 0.05) is 0 Å². The molecule has 0 aliphatic carbocycles. The molecular weight excluding hydrogens is 472 g/mol. The number of hydrogen-bond donors (Lipinski definition) is 1. The first kappa shape index (κ1) is 20.7. The molecule has 0 atom stereocenters. The molecule has 28 heavy (non-hydrogen) atoms. The summed E-state index contributed by atoms with van der Waals surface area (Å²) in [6.07, 6.45) is 0. The van der Waals surface area contributed by atoms with Crippen molar-refractivity contribution in [2.75, 3.05) is 0 Å². The first-order valence-electron chi connectivity index (χ1n) is 9.24. The van der Waals surface area contributed by atoms with Crippen LogP contribution in [-0.2, 0) is 6.54 Å². The van der Waals surface area contributed by atoms with Crippen molar-refractivity contribution >= 4 is 23.3 Å². The van der Waals surface area contributed by atoms with Crippen molar-refractivity contribution in [2.45, 2.75) is 6.54 Å². The zero-order chi connectivity index (χ0) is 18.4. The van der Waals surface area contributed by atoms with Crippen LogP contribution in [-0.4, -0.2) is 0 Å². The van der Waals surface area contributed by atoms with E-state index in [0.717, 1.165) is 6.54 Å². The molecule has 0 fully saturated rings. The molecule has 0 saturated carbocycles. The third-order valence-electron chi connectivity index (χ3n) is 4.79. The van der Waals surface area contributed by atoms with Crippen LogP contribution in [0.15, 0.2) is 121 Å². The van der Waals surface area contributed by atoms with E-state index in [1.54, 1.807) is 0 Å². The molecule has 0 unspecified atom stereocenters. The van der Waals surface area contributed by atoms with Gasteiger partial charge >= 0.3 is 0 Å². The van der Waals surface area contributed by atoms with Crippen LogP contribution in [0.1, 0.15) is 5.56 Å². The molecule has 140 valence electrons. The maximum absolute atomic E-state index is 4.01. The van der Waals surface area contributed by atoms with E-state index in [0.29, 0.717) is 0 Å². The summed E-state index contributed by atoms with van der Waals surface area (Å²) in [5, 5.41) is 8.05. The summed E-state index contributed by atoms with van der Waals surface area (Å²) in [4.78, 5) is 0. The zero-order valence-electron chi connectivity index (χ0n) is 15.6. The van der Waals surface area contributed by atoms with Crippen molar-refractivity contribution in [3.8, 4) is 0 Å². The summed E-state index contributed by atoms with van der Waals surface area (Å²) in [5.74, 6) is 0. The third kappa shape index (κ3) is 4.35. The third-order valence-corrected chi connectivity index (χ3v) is 8.64. The van der Waals surface area contributed by atoms with Crippen LogP contribution < -0.4 is 45.0 Å². The fourth-order valence-corrected chi connectivity index (χ4v) is 7.20. The number of rotatable bonds is 6. The average Bonchev–Trinajstić information content (AvgIpc) is 2.77. The molecular formula is C25H23INP. The molecule has 0 aliphatic heterocycles. The molecule has 4 aromatic carbocycles. The highest BCUT2D eigenvalue weighted by atomic mass is 127. The minimum absolute atomic E-state index is 0. The second-order valence-corrected chi connectivity index (χ2v) is 9.71. The standard InChI is InChI=1S/C25H23NP.HI/c1-5-13-22(14-6-1)21-26-27(23-15-7-2-8-16-23,24-17-9-3-10-18-24)25-19-11-4-12-20-25;/h1-20,26H,21H2;1H/q+1;/p-1. The predicted octanol–water partition coefficient (Wildman–Crippen LogP) is 1.69. The molecule has 0 saturated heterocycles. The van der Waals surface area contributed by atoms with Gasteiger partial charge in [-0.3, -0.25) is 0 Å². The lowest BCUT2D eigenvalue weighted by Crippen LogP contribution is -3.00. The van der Waals surface area contributed by atoms with Crippen molar-refractivity contribution in [1.29, 1.82) is 0 Å². The molecule has 0 heterocycles. The summed E-state index contributed by atoms with van der Waals surface area (Å²) >= 11 is 0. The second-order valence-electron chi connectivity index (χ2n) is 6.50. The van der Waals surface area contributed by atoms with Crippen LogP contribution in [0.3, 0.4) is 0 Å². The maximum Gasteiger partial charge on any atom is 0.178 e. The van der Waals surface area contributed by atoms with Crippen LogP contribution >= 0.6 is 7.41 Å². The molecule has 0 spiro atoms. The summed E-state index contributed by atoms with van der Waals surface area (Å²) in [6.45, 7) is 0.827. The van der Waals surface area contributed by atoms with Gasteiger partial charge in [-0.05, 0) is 42.0 Å². The monoisotopic (exact) mass is 495 g/mol. The van der Waals surface area contributed by atoms with Crippen molar-refractivity contribution in [2.24, 2.45) is 0 Å². The molecule has 0 radical (unpaired) electrons. The van der Waals surface area contributed by atoms with E-state index in [9.17, 15) is 0 Å². The quantitative estimate of drug-likeness (QED) is 0.317. The Morgan fingerprint density at radius 1 is 0.464 bits per heavy atom. The smallest absolute Gasteiger partial charge is 0.178 e. The van der Waals surface area contributed by atoms with E-state index in [2.05, 4.69) is 126 Å². The molecule has 3 heteroatoms.